The van der Waals surface area contributed by atoms with Crippen molar-refractivity contribution in [3.63, 3.8) is 0 Å². The molecule has 0 aliphatic carbocycles. The highest BCUT2D eigenvalue weighted by atomic mass is 35.5. The molecule has 3 rings (SSSR count). The number of rotatable bonds is 3. The van der Waals surface area contributed by atoms with Crippen LogP contribution >= 0.6 is 11.6 Å². The van der Waals surface area contributed by atoms with Gasteiger partial charge in [0.2, 0.25) is 16.0 Å². The molecule has 0 unspecified atom stereocenters. The van der Waals surface area contributed by atoms with Crippen molar-refractivity contribution >= 4 is 27.6 Å². The largest absolute Gasteiger partial charge is 0.368 e. The maximum absolute atomic E-state index is 13.6. The van der Waals surface area contributed by atoms with E-state index in [0.29, 0.717) is 33.5 Å². The summed E-state index contributed by atoms with van der Waals surface area (Å²) in [6.45, 7) is 3.33. The van der Waals surface area contributed by atoms with Crippen LogP contribution in [0.15, 0.2) is 41.4 Å². The molecule has 0 bridgehead atoms. The van der Waals surface area contributed by atoms with Gasteiger partial charge in [0.1, 0.15) is 10.7 Å². The van der Waals surface area contributed by atoms with Crippen molar-refractivity contribution in [1.82, 2.24) is 9.97 Å². The van der Waals surface area contributed by atoms with E-state index >= 15 is 0 Å². The number of hydrogen-bond donors (Lipinski definition) is 2. The van der Waals surface area contributed by atoms with Crippen molar-refractivity contribution in [2.75, 3.05) is 5.73 Å². The molecule has 0 amide bonds. The van der Waals surface area contributed by atoms with E-state index in [0.717, 1.165) is 0 Å². The van der Waals surface area contributed by atoms with Crippen LogP contribution in [-0.2, 0) is 10.0 Å². The molecule has 0 aliphatic heterocycles. The first-order chi connectivity index (χ1) is 12.6. The highest BCUT2D eigenvalue weighted by Gasteiger charge is 2.20. The SMILES string of the molecule is Cc1cc(-c2cc(-c3cnc(N)nc3C)cc(S(N)(=O)=O)c2Cl)ccc1F. The van der Waals surface area contributed by atoms with Crippen LogP contribution in [0.1, 0.15) is 11.3 Å². The summed E-state index contributed by atoms with van der Waals surface area (Å²) in [4.78, 5) is 7.82. The molecule has 0 fully saturated rings. The number of primary sulfonamides is 1. The number of hydrogen-bond acceptors (Lipinski definition) is 5. The maximum Gasteiger partial charge on any atom is 0.239 e. The summed E-state index contributed by atoms with van der Waals surface area (Å²) in [5.74, 6) is -0.272. The van der Waals surface area contributed by atoms with Gasteiger partial charge in [0.05, 0.1) is 10.7 Å². The second kappa shape index (κ2) is 6.88. The Labute approximate surface area is 161 Å². The predicted molar refractivity (Wildman–Crippen MR) is 103 cm³/mol. The van der Waals surface area contributed by atoms with Crippen molar-refractivity contribution in [1.29, 1.82) is 0 Å². The molecule has 2 aromatic carbocycles. The summed E-state index contributed by atoms with van der Waals surface area (Å²) in [5.41, 5.74) is 8.58. The third-order valence-electron chi connectivity index (χ3n) is 4.12. The highest BCUT2D eigenvalue weighted by Crippen LogP contribution is 2.38. The van der Waals surface area contributed by atoms with Crippen LogP contribution in [0, 0.1) is 19.7 Å². The number of anilines is 1. The fourth-order valence-electron chi connectivity index (χ4n) is 2.75. The Morgan fingerprint density at radius 2 is 1.78 bits per heavy atom. The Hall–Kier alpha value is -2.55. The molecule has 9 heteroatoms. The van der Waals surface area contributed by atoms with E-state index in [4.69, 9.17) is 22.5 Å². The Morgan fingerprint density at radius 3 is 2.37 bits per heavy atom. The molecule has 1 aromatic heterocycles. The van der Waals surface area contributed by atoms with E-state index in [2.05, 4.69) is 9.97 Å². The fraction of sp³-hybridized carbons (Fsp3) is 0.111. The molecule has 6 nitrogen and oxygen atoms in total. The lowest BCUT2D eigenvalue weighted by molar-refractivity contribution is 0.598. The molecule has 3 aromatic rings. The topological polar surface area (TPSA) is 112 Å². The lowest BCUT2D eigenvalue weighted by Gasteiger charge is -2.14. The zero-order valence-corrected chi connectivity index (χ0v) is 16.1. The second-order valence-corrected chi connectivity index (χ2v) is 7.98. The minimum atomic E-state index is -4.11. The number of sulfonamides is 1. The molecule has 4 N–H and O–H groups in total. The Kier molecular flexibility index (Phi) is 4.90. The predicted octanol–water partition coefficient (Wildman–Crippen LogP) is 3.45. The van der Waals surface area contributed by atoms with Gasteiger partial charge in [-0.3, -0.25) is 0 Å². The van der Waals surface area contributed by atoms with E-state index in [1.807, 2.05) is 0 Å². The van der Waals surface area contributed by atoms with Gasteiger partial charge in [-0.1, -0.05) is 17.7 Å². The molecule has 1 heterocycles. The van der Waals surface area contributed by atoms with Gasteiger partial charge in [0.15, 0.2) is 0 Å². The number of nitrogens with two attached hydrogens (primary N) is 2. The second-order valence-electron chi connectivity index (χ2n) is 6.07. The van der Waals surface area contributed by atoms with E-state index in [1.54, 1.807) is 26.0 Å². The van der Waals surface area contributed by atoms with Crippen molar-refractivity contribution < 1.29 is 12.8 Å². The Bertz CT molecular complexity index is 1170. The first-order valence-electron chi connectivity index (χ1n) is 7.80. The molecule has 0 atom stereocenters. The van der Waals surface area contributed by atoms with Gasteiger partial charge in [-0.25, -0.2) is 27.9 Å². The minimum absolute atomic E-state index is 0.0405. The summed E-state index contributed by atoms with van der Waals surface area (Å²) in [6, 6.07) is 7.44. The van der Waals surface area contributed by atoms with Crippen molar-refractivity contribution in [2.24, 2.45) is 5.14 Å². The van der Waals surface area contributed by atoms with Crippen molar-refractivity contribution in [3.8, 4) is 22.3 Å². The fourth-order valence-corrected chi connectivity index (χ4v) is 3.94. The molecule has 0 saturated heterocycles. The Morgan fingerprint density at radius 1 is 1.07 bits per heavy atom. The van der Waals surface area contributed by atoms with Gasteiger partial charge in [-0.05, 0) is 54.8 Å². The van der Waals surface area contributed by atoms with Crippen molar-refractivity contribution in [2.45, 2.75) is 18.7 Å². The molecule has 0 spiro atoms. The van der Waals surface area contributed by atoms with Gasteiger partial charge in [-0.2, -0.15) is 0 Å². The average Bonchev–Trinajstić information content (AvgIpc) is 2.57. The average molecular weight is 407 g/mol. The molecular formula is C18H16ClFN4O2S. The zero-order valence-electron chi connectivity index (χ0n) is 14.5. The summed E-state index contributed by atoms with van der Waals surface area (Å²) < 4.78 is 37.8. The summed E-state index contributed by atoms with van der Waals surface area (Å²) in [7, 11) is -4.11. The highest BCUT2D eigenvalue weighted by molar-refractivity contribution is 7.89. The number of halogens is 2. The smallest absolute Gasteiger partial charge is 0.239 e. The van der Waals surface area contributed by atoms with E-state index in [-0.39, 0.29) is 21.7 Å². The number of benzene rings is 2. The molecule has 27 heavy (non-hydrogen) atoms. The number of aryl methyl sites for hydroxylation is 2. The van der Waals surface area contributed by atoms with Gasteiger partial charge >= 0.3 is 0 Å². The number of nitrogen functional groups attached to an aromatic ring is 1. The Balaban J connectivity index is 2.35. The van der Waals surface area contributed by atoms with Crippen LogP contribution < -0.4 is 10.9 Å². The van der Waals surface area contributed by atoms with Crippen molar-refractivity contribution in [3.05, 3.63) is 58.6 Å². The first-order valence-corrected chi connectivity index (χ1v) is 9.72. The lowest BCUT2D eigenvalue weighted by atomic mass is 9.98. The van der Waals surface area contributed by atoms with Crippen LogP contribution in [0.25, 0.3) is 22.3 Å². The molecular weight excluding hydrogens is 391 g/mol. The summed E-state index contributed by atoms with van der Waals surface area (Å²) in [5, 5.41) is 5.30. The third kappa shape index (κ3) is 3.78. The first kappa shape index (κ1) is 19.2. The number of aromatic nitrogens is 2. The summed E-state index contributed by atoms with van der Waals surface area (Å²) >= 11 is 6.34. The van der Waals surface area contributed by atoms with Crippen LogP contribution in [0.2, 0.25) is 5.02 Å². The standard InChI is InChI=1S/C18H16ClFN4O2S/c1-9-5-11(3-4-15(9)20)13-6-12(7-16(17(13)19)27(22,25)26)14-8-23-18(21)24-10(14)2/h3-8H,1-2H3,(H2,21,23,24)(H2,22,25,26). The van der Waals surface area contributed by atoms with Gasteiger partial charge in [0.25, 0.3) is 0 Å². The van der Waals surface area contributed by atoms with Crippen LogP contribution in [0.3, 0.4) is 0 Å². The minimum Gasteiger partial charge on any atom is -0.368 e. The van der Waals surface area contributed by atoms with Gasteiger partial charge in [-0.15, -0.1) is 0 Å². The quantitative estimate of drug-likeness (QED) is 0.691. The summed E-state index contributed by atoms with van der Waals surface area (Å²) in [6.07, 6.45) is 1.49. The zero-order chi connectivity index (χ0) is 19.9. The molecule has 0 saturated carbocycles. The van der Waals surface area contributed by atoms with E-state index in [9.17, 15) is 12.8 Å². The van der Waals surface area contributed by atoms with Crippen LogP contribution in [0.4, 0.5) is 10.3 Å². The van der Waals surface area contributed by atoms with E-state index < -0.39 is 10.0 Å². The normalized spacial score (nSPS) is 11.6. The van der Waals surface area contributed by atoms with Crippen LogP contribution in [-0.4, -0.2) is 18.4 Å². The molecule has 0 aliphatic rings. The lowest BCUT2D eigenvalue weighted by Crippen LogP contribution is -2.13. The van der Waals surface area contributed by atoms with Crippen LogP contribution in [0.5, 0.6) is 0 Å². The monoisotopic (exact) mass is 406 g/mol. The van der Waals surface area contributed by atoms with Gasteiger partial charge in [0, 0.05) is 17.3 Å². The molecule has 0 radical (unpaired) electrons. The third-order valence-corrected chi connectivity index (χ3v) is 5.58. The maximum atomic E-state index is 13.6. The number of nitrogens with zero attached hydrogens (tertiary/aromatic N) is 2. The molecule has 140 valence electrons. The van der Waals surface area contributed by atoms with Gasteiger partial charge < -0.3 is 5.73 Å². The van der Waals surface area contributed by atoms with E-state index in [1.165, 1.54) is 24.4 Å².